The molecule has 1 N–H and O–H groups in total. The Balaban J connectivity index is 1.71. The molecule has 0 saturated heterocycles. The molecule has 1 unspecified atom stereocenters. The summed E-state index contributed by atoms with van der Waals surface area (Å²) in [6, 6.07) is 0. The van der Waals surface area contributed by atoms with E-state index in [9.17, 15) is 18.7 Å². The first-order valence-electron chi connectivity index (χ1n) is 8.99. The van der Waals surface area contributed by atoms with Crippen LogP contribution in [0.2, 0.25) is 0 Å². The number of Topliss-reactive ketones (excluding diaryl/α,β-unsaturated/α-hetero) is 1. The number of hydrogen-bond donors (Lipinski definition) is 1. The number of alkyl halides is 2. The van der Waals surface area contributed by atoms with Crippen LogP contribution in [0.15, 0.2) is 11.6 Å². The number of carbonyl (C=O) groups excluding carboxylic acids is 1. The fraction of sp³-hybridized carbons (Fsp3) is 0.842. The van der Waals surface area contributed by atoms with E-state index in [4.69, 9.17) is 0 Å². The van der Waals surface area contributed by atoms with Gasteiger partial charge in [0.05, 0.1) is 6.10 Å². The van der Waals surface area contributed by atoms with Crippen LogP contribution in [-0.2, 0) is 4.79 Å². The second-order valence-electron chi connectivity index (χ2n) is 8.85. The Bertz CT molecular complexity index is 584. The number of carbonyl (C=O) groups is 1. The minimum atomic E-state index is -3.14. The maximum atomic E-state index is 14.1. The number of halogens is 2. The highest BCUT2D eigenvalue weighted by Gasteiger charge is 2.67. The quantitative estimate of drug-likeness (QED) is 0.681. The molecule has 0 amide bonds. The monoisotopic (exact) mass is 324 g/mol. The summed E-state index contributed by atoms with van der Waals surface area (Å²) in [7, 11) is 0. The molecule has 2 nitrogen and oxygen atoms in total. The van der Waals surface area contributed by atoms with Crippen molar-refractivity contribution < 1.29 is 18.7 Å². The maximum absolute atomic E-state index is 14.1. The molecule has 0 aromatic heterocycles. The first-order chi connectivity index (χ1) is 10.7. The van der Waals surface area contributed by atoms with Crippen molar-refractivity contribution in [2.45, 2.75) is 70.8 Å². The molecular formula is C19H26F2O2. The van der Waals surface area contributed by atoms with Gasteiger partial charge >= 0.3 is 5.92 Å². The summed E-state index contributed by atoms with van der Waals surface area (Å²) < 4.78 is 28.3. The lowest BCUT2D eigenvalue weighted by molar-refractivity contribution is -0.147. The lowest BCUT2D eigenvalue weighted by Crippen LogP contribution is -2.50. The third-order valence-corrected chi connectivity index (χ3v) is 7.79. The first kappa shape index (κ1) is 15.7. The number of aliphatic hydroxyl groups is 1. The Hall–Kier alpha value is -0.770. The molecule has 0 aliphatic heterocycles. The van der Waals surface area contributed by atoms with Gasteiger partial charge in [-0.1, -0.05) is 25.5 Å². The summed E-state index contributed by atoms with van der Waals surface area (Å²) >= 11 is 0. The van der Waals surface area contributed by atoms with Gasteiger partial charge in [0.2, 0.25) is 5.78 Å². The molecule has 0 aromatic rings. The molecule has 3 fully saturated rings. The molecule has 4 aliphatic carbocycles. The number of aliphatic hydroxyl groups excluding tert-OH is 1. The zero-order valence-electron chi connectivity index (χ0n) is 13.9. The van der Waals surface area contributed by atoms with Crippen LogP contribution in [0.5, 0.6) is 0 Å². The summed E-state index contributed by atoms with van der Waals surface area (Å²) in [6.07, 6.45) is 6.42. The smallest absolute Gasteiger partial charge is 0.306 e. The van der Waals surface area contributed by atoms with E-state index in [0.717, 1.165) is 32.1 Å². The van der Waals surface area contributed by atoms with E-state index in [1.807, 2.05) is 0 Å². The van der Waals surface area contributed by atoms with E-state index in [2.05, 4.69) is 13.0 Å². The van der Waals surface area contributed by atoms with Gasteiger partial charge in [0.1, 0.15) is 0 Å². The lowest BCUT2D eigenvalue weighted by Gasteiger charge is -2.56. The van der Waals surface area contributed by atoms with Crippen LogP contribution in [0.1, 0.15) is 58.8 Å². The third-order valence-electron chi connectivity index (χ3n) is 7.79. The fourth-order valence-electron chi connectivity index (χ4n) is 6.41. The molecular weight excluding hydrogens is 298 g/mol. The summed E-state index contributed by atoms with van der Waals surface area (Å²) in [5.41, 5.74) is 0.530. The normalized spacial score (nSPS) is 51.5. The van der Waals surface area contributed by atoms with Crippen molar-refractivity contribution in [3.8, 4) is 0 Å². The second kappa shape index (κ2) is 4.65. The van der Waals surface area contributed by atoms with Crippen LogP contribution in [-0.4, -0.2) is 22.9 Å². The molecule has 23 heavy (non-hydrogen) atoms. The van der Waals surface area contributed by atoms with Gasteiger partial charge in [0.15, 0.2) is 0 Å². The fourth-order valence-corrected chi connectivity index (χ4v) is 6.41. The van der Waals surface area contributed by atoms with Crippen molar-refractivity contribution in [3.05, 3.63) is 11.6 Å². The maximum Gasteiger partial charge on any atom is 0.306 e. The molecule has 128 valence electrons. The van der Waals surface area contributed by atoms with Crippen LogP contribution in [0.25, 0.3) is 0 Å². The van der Waals surface area contributed by atoms with Gasteiger partial charge < -0.3 is 5.11 Å². The van der Waals surface area contributed by atoms with E-state index in [1.54, 1.807) is 6.92 Å². The Morgan fingerprint density at radius 2 is 1.83 bits per heavy atom. The topological polar surface area (TPSA) is 37.3 Å². The van der Waals surface area contributed by atoms with Crippen LogP contribution in [0.3, 0.4) is 0 Å². The van der Waals surface area contributed by atoms with Crippen molar-refractivity contribution in [2.24, 2.45) is 28.6 Å². The van der Waals surface area contributed by atoms with E-state index in [-0.39, 0.29) is 29.8 Å². The van der Waals surface area contributed by atoms with Crippen molar-refractivity contribution in [3.63, 3.8) is 0 Å². The number of rotatable bonds is 0. The van der Waals surface area contributed by atoms with E-state index < -0.39 is 17.1 Å². The standard InChI is InChI=1S/C19H26F2O2/c1-17-7-5-12(22)9-11(17)3-4-13-14(17)6-8-18(2)15(13)10-19(20,21)16(18)23/h3,12-15,22H,4-10H2,1-2H3/t12?,13-,14+,15+,17+,18+/m1/s1. The Kier molecular flexibility index (Phi) is 3.18. The van der Waals surface area contributed by atoms with Crippen molar-refractivity contribution >= 4 is 5.78 Å². The predicted octanol–water partition coefficient (Wildman–Crippen LogP) is 4.12. The van der Waals surface area contributed by atoms with Crippen molar-refractivity contribution in [2.75, 3.05) is 0 Å². The van der Waals surface area contributed by atoms with Crippen LogP contribution < -0.4 is 0 Å². The number of fused-ring (bicyclic) bond motifs is 5. The Morgan fingerprint density at radius 3 is 2.57 bits per heavy atom. The average Bonchev–Trinajstić information content (AvgIpc) is 2.68. The average molecular weight is 324 g/mol. The molecule has 0 bridgehead atoms. The zero-order valence-corrected chi connectivity index (χ0v) is 13.9. The van der Waals surface area contributed by atoms with Crippen molar-refractivity contribution in [1.29, 1.82) is 0 Å². The highest BCUT2D eigenvalue weighted by atomic mass is 19.3. The van der Waals surface area contributed by atoms with Crippen LogP contribution >= 0.6 is 0 Å². The highest BCUT2D eigenvalue weighted by molar-refractivity contribution is 5.93. The number of allylic oxidation sites excluding steroid dienone is 1. The van der Waals surface area contributed by atoms with Gasteiger partial charge in [0, 0.05) is 11.8 Å². The highest BCUT2D eigenvalue weighted by Crippen LogP contribution is 2.65. The summed E-state index contributed by atoms with van der Waals surface area (Å²) in [5, 5.41) is 9.97. The second-order valence-corrected chi connectivity index (χ2v) is 8.85. The molecule has 0 heterocycles. The van der Waals surface area contributed by atoms with Gasteiger partial charge in [-0.15, -0.1) is 0 Å². The van der Waals surface area contributed by atoms with Crippen LogP contribution in [0, 0.1) is 28.6 Å². The molecule has 3 saturated carbocycles. The first-order valence-corrected chi connectivity index (χ1v) is 8.99. The Labute approximate surface area is 136 Å². The van der Waals surface area contributed by atoms with E-state index >= 15 is 0 Å². The molecule has 4 rings (SSSR count). The molecule has 0 radical (unpaired) electrons. The predicted molar refractivity (Wildman–Crippen MR) is 83.0 cm³/mol. The third kappa shape index (κ3) is 1.96. The van der Waals surface area contributed by atoms with E-state index in [0.29, 0.717) is 12.3 Å². The zero-order chi connectivity index (χ0) is 16.6. The molecule has 6 atom stereocenters. The van der Waals surface area contributed by atoms with Gasteiger partial charge in [-0.2, -0.15) is 8.78 Å². The molecule has 4 aliphatic rings. The summed E-state index contributed by atoms with van der Waals surface area (Å²) in [5.74, 6) is -3.57. The lowest BCUT2D eigenvalue weighted by atomic mass is 9.48. The van der Waals surface area contributed by atoms with Crippen LogP contribution in [0.4, 0.5) is 8.78 Å². The summed E-state index contributed by atoms with van der Waals surface area (Å²) in [6.45, 7) is 4.04. The van der Waals surface area contributed by atoms with Gasteiger partial charge in [-0.05, 0) is 61.7 Å². The van der Waals surface area contributed by atoms with Gasteiger partial charge in [0.25, 0.3) is 0 Å². The number of ketones is 1. The largest absolute Gasteiger partial charge is 0.393 e. The molecule has 4 heteroatoms. The number of hydrogen-bond acceptors (Lipinski definition) is 2. The summed E-state index contributed by atoms with van der Waals surface area (Å²) in [4.78, 5) is 12.3. The van der Waals surface area contributed by atoms with E-state index in [1.165, 1.54) is 5.57 Å². The minimum Gasteiger partial charge on any atom is -0.393 e. The Morgan fingerprint density at radius 1 is 1.13 bits per heavy atom. The van der Waals surface area contributed by atoms with Gasteiger partial charge in [-0.3, -0.25) is 4.79 Å². The molecule has 0 spiro atoms. The molecule has 0 aromatic carbocycles. The van der Waals surface area contributed by atoms with Gasteiger partial charge in [-0.25, -0.2) is 0 Å². The SMILES string of the molecule is C[C@]12CCC(O)CC1=CC[C@@H]1[C@@H]2CC[C@]2(C)C(=O)C(F)(F)C[C@@H]12. The van der Waals surface area contributed by atoms with Crippen molar-refractivity contribution in [1.82, 2.24) is 0 Å². The minimum absolute atomic E-state index is 0.0321.